The van der Waals surface area contributed by atoms with E-state index < -0.39 is 0 Å². The summed E-state index contributed by atoms with van der Waals surface area (Å²) in [6, 6.07) is 3.29. The van der Waals surface area contributed by atoms with Gasteiger partial charge in [-0.3, -0.25) is 4.79 Å². The molecule has 1 unspecified atom stereocenters. The molecule has 0 aliphatic heterocycles. The molecule has 0 aliphatic carbocycles. The van der Waals surface area contributed by atoms with E-state index in [0.717, 1.165) is 18.8 Å². The summed E-state index contributed by atoms with van der Waals surface area (Å²) in [5, 5.41) is 3.10. The number of nitrogens with two attached hydrogens (primary N) is 1. The van der Waals surface area contributed by atoms with Gasteiger partial charge in [-0.25, -0.2) is 4.98 Å². The van der Waals surface area contributed by atoms with E-state index in [1.54, 1.807) is 17.0 Å². The van der Waals surface area contributed by atoms with Gasteiger partial charge in [0.25, 0.3) is 0 Å². The molecule has 1 aromatic rings. The zero-order chi connectivity index (χ0) is 13.7. The maximum absolute atomic E-state index is 12.1. The zero-order valence-corrected chi connectivity index (χ0v) is 11.5. The second-order valence-corrected chi connectivity index (χ2v) is 4.25. The first-order valence-corrected chi connectivity index (χ1v) is 6.28. The van der Waals surface area contributed by atoms with Crippen molar-refractivity contribution in [2.75, 3.05) is 24.1 Å². The minimum Gasteiger partial charge on any atom is -0.397 e. The molecule has 5 nitrogen and oxygen atoms in total. The summed E-state index contributed by atoms with van der Waals surface area (Å²) in [7, 11) is 0. The molecule has 0 spiro atoms. The monoisotopic (exact) mass is 250 g/mol. The van der Waals surface area contributed by atoms with Gasteiger partial charge in [-0.05, 0) is 39.8 Å². The number of nitrogen functional groups attached to an aromatic ring is 1. The number of pyridine rings is 1. The third kappa shape index (κ3) is 3.35. The number of nitrogens with zero attached hydrogens (tertiary/aromatic N) is 2. The molecular formula is C13H22N4O. The Balaban J connectivity index is 2.71. The predicted octanol–water partition coefficient (Wildman–Crippen LogP) is 1.64. The van der Waals surface area contributed by atoms with Gasteiger partial charge in [0.1, 0.15) is 11.9 Å². The fraction of sp³-hybridized carbons (Fsp3) is 0.538. The number of carbonyl (C=O) groups excluding carboxylic acids is 1. The van der Waals surface area contributed by atoms with E-state index in [-0.39, 0.29) is 11.9 Å². The van der Waals surface area contributed by atoms with Crippen molar-refractivity contribution >= 4 is 17.4 Å². The van der Waals surface area contributed by atoms with Crippen LogP contribution >= 0.6 is 0 Å². The summed E-state index contributed by atoms with van der Waals surface area (Å²) in [6.45, 7) is 9.07. The molecule has 1 heterocycles. The summed E-state index contributed by atoms with van der Waals surface area (Å²) < 4.78 is 0. The Hall–Kier alpha value is -1.78. The molecular weight excluding hydrogens is 228 g/mol. The van der Waals surface area contributed by atoms with Crippen LogP contribution in [-0.4, -0.2) is 34.9 Å². The SMILES string of the molecule is CCN(CC)C(=O)C(C)Nc1ccc(N)c(C)n1. The molecule has 1 aromatic heterocycles. The summed E-state index contributed by atoms with van der Waals surface area (Å²) in [5.41, 5.74) is 7.13. The zero-order valence-electron chi connectivity index (χ0n) is 11.5. The summed E-state index contributed by atoms with van der Waals surface area (Å²) >= 11 is 0. The number of carbonyl (C=O) groups is 1. The van der Waals surface area contributed by atoms with E-state index in [2.05, 4.69) is 10.3 Å². The fourth-order valence-corrected chi connectivity index (χ4v) is 1.74. The van der Waals surface area contributed by atoms with Crippen LogP contribution in [-0.2, 0) is 4.79 Å². The van der Waals surface area contributed by atoms with Crippen molar-refractivity contribution in [3.63, 3.8) is 0 Å². The van der Waals surface area contributed by atoms with Crippen LogP contribution in [0.25, 0.3) is 0 Å². The standard InChI is InChI=1S/C13H22N4O/c1-5-17(6-2)13(18)10(4)16-12-8-7-11(14)9(3)15-12/h7-8,10H,5-6,14H2,1-4H3,(H,15,16). The third-order valence-electron chi connectivity index (χ3n) is 2.94. The van der Waals surface area contributed by atoms with Crippen LogP contribution in [0.5, 0.6) is 0 Å². The molecule has 0 aliphatic rings. The average molecular weight is 250 g/mol. The van der Waals surface area contributed by atoms with E-state index in [9.17, 15) is 4.79 Å². The Bertz CT molecular complexity index is 415. The van der Waals surface area contributed by atoms with Crippen molar-refractivity contribution < 1.29 is 4.79 Å². The van der Waals surface area contributed by atoms with Crippen LogP contribution in [0.1, 0.15) is 26.5 Å². The van der Waals surface area contributed by atoms with Crippen molar-refractivity contribution in [1.29, 1.82) is 0 Å². The fourth-order valence-electron chi connectivity index (χ4n) is 1.74. The minimum atomic E-state index is -0.291. The molecule has 100 valence electrons. The topological polar surface area (TPSA) is 71.2 Å². The Labute approximate surface area is 108 Å². The number of aryl methyl sites for hydroxylation is 1. The first-order chi connectivity index (χ1) is 8.49. The molecule has 1 rings (SSSR count). The number of amides is 1. The lowest BCUT2D eigenvalue weighted by Gasteiger charge is -2.23. The third-order valence-corrected chi connectivity index (χ3v) is 2.94. The maximum atomic E-state index is 12.1. The van der Waals surface area contributed by atoms with Crippen LogP contribution < -0.4 is 11.1 Å². The van der Waals surface area contributed by atoms with E-state index >= 15 is 0 Å². The van der Waals surface area contributed by atoms with Crippen LogP contribution in [0.15, 0.2) is 12.1 Å². The average Bonchev–Trinajstić information content (AvgIpc) is 2.35. The van der Waals surface area contributed by atoms with Gasteiger partial charge in [-0.15, -0.1) is 0 Å². The Kier molecular flexibility index (Phi) is 4.95. The van der Waals surface area contributed by atoms with Crippen LogP contribution in [0.2, 0.25) is 0 Å². The summed E-state index contributed by atoms with van der Waals surface area (Å²) in [5.74, 6) is 0.756. The van der Waals surface area contributed by atoms with Gasteiger partial charge in [0, 0.05) is 13.1 Å². The van der Waals surface area contributed by atoms with Crippen LogP contribution in [0.4, 0.5) is 11.5 Å². The number of rotatable bonds is 5. The molecule has 0 saturated carbocycles. The smallest absolute Gasteiger partial charge is 0.244 e. The van der Waals surface area contributed by atoms with Crippen molar-refractivity contribution in [2.45, 2.75) is 33.7 Å². The van der Waals surface area contributed by atoms with E-state index in [1.807, 2.05) is 27.7 Å². The highest BCUT2D eigenvalue weighted by molar-refractivity contribution is 5.84. The Morgan fingerprint density at radius 2 is 2.06 bits per heavy atom. The molecule has 0 fully saturated rings. The number of aromatic nitrogens is 1. The van der Waals surface area contributed by atoms with Gasteiger partial charge in [0.15, 0.2) is 0 Å². The molecule has 0 bridgehead atoms. The van der Waals surface area contributed by atoms with Gasteiger partial charge in [0.05, 0.1) is 11.4 Å². The molecule has 0 saturated heterocycles. The van der Waals surface area contributed by atoms with Gasteiger partial charge in [-0.2, -0.15) is 0 Å². The molecule has 0 radical (unpaired) electrons. The lowest BCUT2D eigenvalue weighted by Crippen LogP contribution is -2.41. The first-order valence-electron chi connectivity index (χ1n) is 6.28. The molecule has 1 amide bonds. The first kappa shape index (κ1) is 14.3. The Morgan fingerprint density at radius 1 is 1.44 bits per heavy atom. The van der Waals surface area contributed by atoms with Gasteiger partial charge in [-0.1, -0.05) is 0 Å². The van der Waals surface area contributed by atoms with Crippen molar-refractivity contribution in [3.8, 4) is 0 Å². The highest BCUT2D eigenvalue weighted by Gasteiger charge is 2.18. The second-order valence-electron chi connectivity index (χ2n) is 4.25. The molecule has 0 aromatic carbocycles. The lowest BCUT2D eigenvalue weighted by atomic mass is 10.2. The highest BCUT2D eigenvalue weighted by atomic mass is 16.2. The number of hydrogen-bond acceptors (Lipinski definition) is 4. The van der Waals surface area contributed by atoms with Gasteiger partial charge < -0.3 is 16.0 Å². The van der Waals surface area contributed by atoms with Gasteiger partial charge in [0.2, 0.25) is 5.91 Å². The molecule has 18 heavy (non-hydrogen) atoms. The van der Waals surface area contributed by atoms with Crippen molar-refractivity contribution in [3.05, 3.63) is 17.8 Å². The molecule has 3 N–H and O–H groups in total. The predicted molar refractivity (Wildman–Crippen MR) is 74.4 cm³/mol. The second kappa shape index (κ2) is 6.23. The summed E-state index contributed by atoms with van der Waals surface area (Å²) in [6.07, 6.45) is 0. The van der Waals surface area contributed by atoms with E-state index in [1.165, 1.54) is 0 Å². The molecule has 1 atom stereocenters. The van der Waals surface area contributed by atoms with Crippen molar-refractivity contribution in [1.82, 2.24) is 9.88 Å². The van der Waals surface area contributed by atoms with E-state index in [4.69, 9.17) is 5.73 Å². The number of likely N-dealkylation sites (N-methyl/N-ethyl adjacent to an activating group) is 1. The number of hydrogen-bond donors (Lipinski definition) is 2. The van der Waals surface area contributed by atoms with Crippen LogP contribution in [0.3, 0.4) is 0 Å². The number of anilines is 2. The maximum Gasteiger partial charge on any atom is 0.244 e. The van der Waals surface area contributed by atoms with Crippen molar-refractivity contribution in [2.24, 2.45) is 0 Å². The Morgan fingerprint density at radius 3 is 2.56 bits per heavy atom. The molecule has 5 heteroatoms. The quantitative estimate of drug-likeness (QED) is 0.833. The normalized spacial score (nSPS) is 12.0. The van der Waals surface area contributed by atoms with Gasteiger partial charge >= 0.3 is 0 Å². The minimum absolute atomic E-state index is 0.0799. The van der Waals surface area contributed by atoms with Crippen LogP contribution in [0, 0.1) is 6.92 Å². The van der Waals surface area contributed by atoms with E-state index in [0.29, 0.717) is 11.5 Å². The highest BCUT2D eigenvalue weighted by Crippen LogP contribution is 2.13. The largest absolute Gasteiger partial charge is 0.397 e. The lowest BCUT2D eigenvalue weighted by molar-refractivity contribution is -0.131. The summed E-state index contributed by atoms with van der Waals surface area (Å²) in [4.78, 5) is 18.2. The number of nitrogens with one attached hydrogen (secondary N) is 1.